The van der Waals surface area contributed by atoms with Gasteiger partial charge in [0.05, 0.1) is 0 Å². The Morgan fingerprint density at radius 1 is 1.00 bits per heavy atom. The summed E-state index contributed by atoms with van der Waals surface area (Å²) >= 11 is 5.84. The van der Waals surface area contributed by atoms with Crippen LogP contribution in [-0.4, -0.2) is 14.6 Å². The van der Waals surface area contributed by atoms with Gasteiger partial charge in [0.1, 0.15) is 0 Å². The van der Waals surface area contributed by atoms with Gasteiger partial charge in [-0.05, 0) is 35.9 Å². The number of fused-ring (bicyclic) bond motifs is 1. The fourth-order valence-electron chi connectivity index (χ4n) is 1.78. The van der Waals surface area contributed by atoms with Gasteiger partial charge in [-0.1, -0.05) is 29.8 Å². The van der Waals surface area contributed by atoms with Crippen molar-refractivity contribution in [3.05, 3.63) is 59.0 Å². The van der Waals surface area contributed by atoms with Crippen LogP contribution in [0.2, 0.25) is 5.02 Å². The molecule has 5 heteroatoms. The average molecular weight is 271 g/mol. The first-order valence-corrected chi connectivity index (χ1v) is 6.14. The fraction of sp³-hybridized carbons (Fsp3) is 0. The molecular formula is C14H11ClN4. The summed E-state index contributed by atoms with van der Waals surface area (Å²) in [5.41, 5.74) is 8.25. The van der Waals surface area contributed by atoms with Crippen LogP contribution in [-0.2, 0) is 0 Å². The van der Waals surface area contributed by atoms with Crippen LogP contribution in [0.3, 0.4) is 0 Å². The van der Waals surface area contributed by atoms with Gasteiger partial charge < -0.3 is 5.73 Å². The second-order valence-electron chi connectivity index (χ2n) is 4.13. The van der Waals surface area contributed by atoms with E-state index >= 15 is 0 Å². The molecule has 0 spiro atoms. The Hall–Kier alpha value is -2.33. The van der Waals surface area contributed by atoms with E-state index in [2.05, 4.69) is 10.2 Å². The quantitative estimate of drug-likeness (QED) is 0.778. The Labute approximate surface area is 115 Å². The fourth-order valence-corrected chi connectivity index (χ4v) is 1.91. The number of halogens is 1. The predicted molar refractivity (Wildman–Crippen MR) is 77.8 cm³/mol. The molecule has 19 heavy (non-hydrogen) atoms. The summed E-state index contributed by atoms with van der Waals surface area (Å²) in [6.07, 6.45) is 5.65. The molecule has 0 atom stereocenters. The molecule has 0 unspecified atom stereocenters. The summed E-state index contributed by atoms with van der Waals surface area (Å²) in [6, 6.07) is 11.2. The maximum atomic E-state index is 5.84. The second kappa shape index (κ2) is 4.74. The maximum Gasteiger partial charge on any atom is 0.161 e. The van der Waals surface area contributed by atoms with Gasteiger partial charge in [-0.25, -0.2) is 0 Å². The van der Waals surface area contributed by atoms with E-state index in [0.29, 0.717) is 5.69 Å². The number of nitrogen functional groups attached to an aromatic ring is 1. The molecule has 0 amide bonds. The first-order chi connectivity index (χ1) is 9.22. The third-order valence-corrected chi connectivity index (χ3v) is 3.00. The van der Waals surface area contributed by atoms with Crippen molar-refractivity contribution >= 4 is 35.1 Å². The summed E-state index contributed by atoms with van der Waals surface area (Å²) in [4.78, 5) is 0. The Balaban J connectivity index is 1.96. The van der Waals surface area contributed by atoms with Crippen molar-refractivity contribution in [2.45, 2.75) is 0 Å². The molecule has 0 fully saturated rings. The van der Waals surface area contributed by atoms with E-state index < -0.39 is 0 Å². The second-order valence-corrected chi connectivity index (χ2v) is 4.57. The Bertz CT molecular complexity index is 744. The van der Waals surface area contributed by atoms with Gasteiger partial charge >= 0.3 is 0 Å². The number of pyridine rings is 1. The highest BCUT2D eigenvalue weighted by atomic mass is 35.5. The normalized spacial score (nSPS) is 11.4. The Morgan fingerprint density at radius 2 is 1.79 bits per heavy atom. The van der Waals surface area contributed by atoms with Gasteiger partial charge in [-0.15, -0.1) is 10.2 Å². The summed E-state index contributed by atoms with van der Waals surface area (Å²) in [5.74, 6) is 0.734. The lowest BCUT2D eigenvalue weighted by Gasteiger charge is -1.97. The zero-order valence-electron chi connectivity index (χ0n) is 9.99. The van der Waals surface area contributed by atoms with Crippen LogP contribution in [0.15, 0.2) is 42.6 Å². The summed E-state index contributed by atoms with van der Waals surface area (Å²) in [5, 5.41) is 8.91. The number of anilines is 1. The van der Waals surface area contributed by atoms with Gasteiger partial charge in [-0.2, -0.15) is 0 Å². The monoisotopic (exact) mass is 270 g/mol. The standard InChI is InChI=1S/C14H11ClN4/c15-11-4-1-10(2-5-11)3-7-13-17-18-14-8-6-12(16)9-19(13)14/h1-9H,16H2/b7-3+. The Morgan fingerprint density at radius 3 is 2.58 bits per heavy atom. The Kier molecular flexibility index (Phi) is 2.93. The molecule has 3 aromatic rings. The molecular weight excluding hydrogens is 260 g/mol. The zero-order valence-corrected chi connectivity index (χ0v) is 10.7. The van der Waals surface area contributed by atoms with Gasteiger partial charge in [0.15, 0.2) is 11.5 Å². The zero-order chi connectivity index (χ0) is 13.2. The predicted octanol–water partition coefficient (Wildman–Crippen LogP) is 3.14. The minimum absolute atomic E-state index is 0.674. The topological polar surface area (TPSA) is 56.2 Å². The maximum absolute atomic E-state index is 5.84. The summed E-state index contributed by atoms with van der Waals surface area (Å²) in [6.45, 7) is 0. The van der Waals surface area contributed by atoms with Crippen molar-refractivity contribution < 1.29 is 0 Å². The molecule has 2 N–H and O–H groups in total. The SMILES string of the molecule is Nc1ccc2nnc(/C=C/c3ccc(Cl)cc3)n2c1. The molecule has 2 heterocycles. The van der Waals surface area contributed by atoms with Crippen molar-refractivity contribution in [2.75, 3.05) is 5.73 Å². The van der Waals surface area contributed by atoms with Crippen LogP contribution in [0.25, 0.3) is 17.8 Å². The van der Waals surface area contributed by atoms with Crippen LogP contribution in [0.5, 0.6) is 0 Å². The highest BCUT2D eigenvalue weighted by Gasteiger charge is 2.01. The molecule has 0 aliphatic carbocycles. The molecule has 0 saturated carbocycles. The lowest BCUT2D eigenvalue weighted by molar-refractivity contribution is 1.08. The van der Waals surface area contributed by atoms with Crippen molar-refractivity contribution in [1.29, 1.82) is 0 Å². The number of hydrogen-bond acceptors (Lipinski definition) is 3. The molecule has 2 aromatic heterocycles. The van der Waals surface area contributed by atoms with E-state index in [1.165, 1.54) is 0 Å². The number of rotatable bonds is 2. The van der Waals surface area contributed by atoms with Crippen molar-refractivity contribution in [3.63, 3.8) is 0 Å². The molecule has 3 rings (SSSR count). The van der Waals surface area contributed by atoms with Crippen molar-refractivity contribution in [2.24, 2.45) is 0 Å². The van der Waals surface area contributed by atoms with Crippen molar-refractivity contribution in [1.82, 2.24) is 14.6 Å². The molecule has 0 bridgehead atoms. The van der Waals surface area contributed by atoms with Gasteiger partial charge in [0.25, 0.3) is 0 Å². The van der Waals surface area contributed by atoms with Gasteiger partial charge in [-0.3, -0.25) is 4.40 Å². The highest BCUT2D eigenvalue weighted by Crippen LogP contribution is 2.13. The molecule has 0 aliphatic rings. The van der Waals surface area contributed by atoms with Crippen LogP contribution in [0.1, 0.15) is 11.4 Å². The smallest absolute Gasteiger partial charge is 0.161 e. The van der Waals surface area contributed by atoms with Gasteiger partial charge in [0, 0.05) is 16.9 Å². The molecule has 4 nitrogen and oxygen atoms in total. The summed E-state index contributed by atoms with van der Waals surface area (Å²) < 4.78 is 1.85. The third kappa shape index (κ3) is 2.44. The van der Waals surface area contributed by atoms with E-state index in [9.17, 15) is 0 Å². The number of nitrogens with two attached hydrogens (primary N) is 1. The lowest BCUT2D eigenvalue weighted by atomic mass is 10.2. The van der Waals surface area contributed by atoms with Crippen LogP contribution < -0.4 is 5.73 Å². The minimum Gasteiger partial charge on any atom is -0.398 e. The van der Waals surface area contributed by atoms with E-state index in [0.717, 1.165) is 22.1 Å². The van der Waals surface area contributed by atoms with E-state index in [1.807, 2.05) is 46.9 Å². The number of benzene rings is 1. The first-order valence-electron chi connectivity index (χ1n) is 5.76. The largest absolute Gasteiger partial charge is 0.398 e. The van der Waals surface area contributed by atoms with E-state index in [4.69, 9.17) is 17.3 Å². The minimum atomic E-state index is 0.674. The van der Waals surface area contributed by atoms with Crippen LogP contribution in [0, 0.1) is 0 Å². The molecule has 0 radical (unpaired) electrons. The molecule has 1 aromatic carbocycles. The van der Waals surface area contributed by atoms with E-state index in [-0.39, 0.29) is 0 Å². The lowest BCUT2D eigenvalue weighted by Crippen LogP contribution is -1.92. The first kappa shape index (κ1) is 11.7. The number of nitrogens with zero attached hydrogens (tertiary/aromatic N) is 3. The number of hydrogen-bond donors (Lipinski definition) is 1. The molecule has 0 aliphatic heterocycles. The number of aromatic nitrogens is 3. The average Bonchev–Trinajstić information content (AvgIpc) is 2.80. The van der Waals surface area contributed by atoms with Crippen molar-refractivity contribution in [3.8, 4) is 0 Å². The molecule has 94 valence electrons. The highest BCUT2D eigenvalue weighted by molar-refractivity contribution is 6.30. The summed E-state index contributed by atoms with van der Waals surface area (Å²) in [7, 11) is 0. The third-order valence-electron chi connectivity index (χ3n) is 2.75. The van der Waals surface area contributed by atoms with E-state index in [1.54, 1.807) is 12.3 Å². The van der Waals surface area contributed by atoms with Gasteiger partial charge in [0.2, 0.25) is 0 Å². The molecule has 0 saturated heterocycles. The van der Waals surface area contributed by atoms with Crippen LogP contribution >= 0.6 is 11.6 Å². The van der Waals surface area contributed by atoms with Crippen LogP contribution in [0.4, 0.5) is 5.69 Å².